The smallest absolute Gasteiger partial charge is 0.462 e. The Morgan fingerprint density at radius 2 is 0.809 bits per heavy atom. The van der Waals surface area contributed by atoms with E-state index in [1.807, 2.05) is 0 Å². The third-order valence-corrected chi connectivity index (χ3v) is 13.2. The quantitative estimate of drug-likeness (QED) is 0.0264. The van der Waals surface area contributed by atoms with Crippen molar-refractivity contribution < 1.29 is 37.6 Å². The van der Waals surface area contributed by atoms with E-state index in [1.54, 1.807) is 0 Å². The van der Waals surface area contributed by atoms with Gasteiger partial charge in [0.05, 0.1) is 13.2 Å². The molecule has 0 saturated heterocycles. The minimum atomic E-state index is -4.39. The molecule has 0 amide bonds. The van der Waals surface area contributed by atoms with Crippen molar-refractivity contribution in [2.45, 2.75) is 270 Å². The van der Waals surface area contributed by atoms with Crippen LogP contribution in [-0.4, -0.2) is 49.3 Å². The van der Waals surface area contributed by atoms with Crippen molar-refractivity contribution in [1.29, 1.82) is 0 Å². The standard InChI is InChI=1S/C58H106NO8P/c1-3-5-7-9-11-13-15-17-19-21-23-25-27-29-30-32-34-36-38-40-42-44-46-48-50-57(60)64-54-56(55-66-68(62,63)65-53-52-59)67-58(61)51-49-47-45-43-41-39-37-35-33-31-28-26-24-22-20-18-16-14-12-10-8-6-4-2/h6,8,12,14,18,20,24,26,31,33,56H,3-5,7,9-11,13,15-17,19,21-23,25,27-30,32,34-55,59H2,1-2H3,(H,62,63)/b8-6-,14-12-,20-18-,26-24-,33-31-. The van der Waals surface area contributed by atoms with Crippen LogP contribution in [0.3, 0.4) is 0 Å². The normalized spacial score (nSPS) is 13.5. The highest BCUT2D eigenvalue weighted by Crippen LogP contribution is 2.43. The number of rotatable bonds is 53. The summed E-state index contributed by atoms with van der Waals surface area (Å²) in [5, 5.41) is 0. The van der Waals surface area contributed by atoms with Crippen molar-refractivity contribution in [3.8, 4) is 0 Å². The van der Waals surface area contributed by atoms with E-state index in [1.165, 1.54) is 154 Å². The van der Waals surface area contributed by atoms with Crippen LogP contribution < -0.4 is 5.73 Å². The number of phosphoric acid groups is 1. The predicted molar refractivity (Wildman–Crippen MR) is 289 cm³/mol. The number of carbonyl (C=O) groups is 2. The molecule has 9 nitrogen and oxygen atoms in total. The number of carbonyl (C=O) groups excluding carboxylic acids is 2. The van der Waals surface area contributed by atoms with Crippen molar-refractivity contribution in [2.24, 2.45) is 5.73 Å². The third kappa shape index (κ3) is 53.1. The van der Waals surface area contributed by atoms with Gasteiger partial charge in [-0.15, -0.1) is 0 Å². The van der Waals surface area contributed by atoms with Gasteiger partial charge in [-0.05, 0) is 57.8 Å². The average molecular weight is 976 g/mol. The van der Waals surface area contributed by atoms with E-state index in [-0.39, 0.29) is 38.6 Å². The van der Waals surface area contributed by atoms with E-state index >= 15 is 0 Å². The topological polar surface area (TPSA) is 134 Å². The summed E-state index contributed by atoms with van der Waals surface area (Å²) in [4.78, 5) is 35.2. The molecule has 396 valence electrons. The van der Waals surface area contributed by atoms with Crippen LogP contribution in [0.1, 0.15) is 264 Å². The minimum Gasteiger partial charge on any atom is -0.462 e. The molecule has 2 unspecified atom stereocenters. The van der Waals surface area contributed by atoms with Crippen molar-refractivity contribution >= 4 is 19.8 Å². The molecule has 0 rings (SSSR count). The van der Waals surface area contributed by atoms with Gasteiger partial charge < -0.3 is 20.1 Å². The molecule has 2 atom stereocenters. The first-order valence-electron chi connectivity index (χ1n) is 28.3. The lowest BCUT2D eigenvalue weighted by atomic mass is 10.0. The highest BCUT2D eigenvalue weighted by molar-refractivity contribution is 7.47. The largest absolute Gasteiger partial charge is 0.472 e. The summed E-state index contributed by atoms with van der Waals surface area (Å²) in [6, 6.07) is 0. The van der Waals surface area contributed by atoms with Crippen LogP contribution >= 0.6 is 7.82 Å². The number of nitrogens with two attached hydrogens (primary N) is 1. The highest BCUT2D eigenvalue weighted by Gasteiger charge is 2.26. The number of phosphoric ester groups is 1. The lowest BCUT2D eigenvalue weighted by molar-refractivity contribution is -0.161. The third-order valence-electron chi connectivity index (χ3n) is 12.2. The fourth-order valence-corrected chi connectivity index (χ4v) is 8.78. The zero-order chi connectivity index (χ0) is 49.5. The fraction of sp³-hybridized carbons (Fsp3) is 0.793. The predicted octanol–water partition coefficient (Wildman–Crippen LogP) is 17.6. The molecule has 68 heavy (non-hydrogen) atoms. The number of hydrogen-bond acceptors (Lipinski definition) is 8. The Morgan fingerprint density at radius 3 is 1.21 bits per heavy atom. The molecule has 3 N–H and O–H groups in total. The number of allylic oxidation sites excluding steroid dienone is 10. The lowest BCUT2D eigenvalue weighted by Gasteiger charge is -2.19. The van der Waals surface area contributed by atoms with Gasteiger partial charge in [0.15, 0.2) is 6.10 Å². The second kappa shape index (κ2) is 54.1. The number of esters is 2. The average Bonchev–Trinajstić information content (AvgIpc) is 3.33. The Bertz CT molecular complexity index is 1300. The molecule has 0 aromatic heterocycles. The lowest BCUT2D eigenvalue weighted by Crippen LogP contribution is -2.29. The van der Waals surface area contributed by atoms with Gasteiger partial charge in [0.1, 0.15) is 6.61 Å². The fourth-order valence-electron chi connectivity index (χ4n) is 8.02. The Hall–Kier alpha value is -2.29. The maximum absolute atomic E-state index is 12.7. The van der Waals surface area contributed by atoms with Crippen LogP contribution in [0.25, 0.3) is 0 Å². The number of hydrogen-bond donors (Lipinski definition) is 2. The van der Waals surface area contributed by atoms with Gasteiger partial charge in [-0.1, -0.05) is 254 Å². The molecule has 0 fully saturated rings. The van der Waals surface area contributed by atoms with Gasteiger partial charge in [-0.3, -0.25) is 18.6 Å². The first-order chi connectivity index (χ1) is 33.3. The van der Waals surface area contributed by atoms with Crippen molar-refractivity contribution in [3.63, 3.8) is 0 Å². The molecule has 0 spiro atoms. The van der Waals surface area contributed by atoms with Crippen LogP contribution in [0.15, 0.2) is 60.8 Å². The van der Waals surface area contributed by atoms with Gasteiger partial charge in [0, 0.05) is 19.4 Å². The van der Waals surface area contributed by atoms with Crippen molar-refractivity contribution in [1.82, 2.24) is 0 Å². The summed E-state index contributed by atoms with van der Waals surface area (Å²) in [6.07, 6.45) is 67.0. The maximum Gasteiger partial charge on any atom is 0.472 e. The van der Waals surface area contributed by atoms with Crippen molar-refractivity contribution in [3.05, 3.63) is 60.8 Å². The molecule has 0 aliphatic rings. The van der Waals surface area contributed by atoms with Gasteiger partial charge in [-0.25, -0.2) is 4.57 Å². The monoisotopic (exact) mass is 976 g/mol. The molecule has 0 radical (unpaired) electrons. The number of ether oxygens (including phenoxy) is 2. The second-order valence-electron chi connectivity index (χ2n) is 18.8. The molecule has 0 saturated carbocycles. The second-order valence-corrected chi connectivity index (χ2v) is 20.2. The molecule has 0 aliphatic heterocycles. The Kier molecular flexibility index (Phi) is 52.2. The summed E-state index contributed by atoms with van der Waals surface area (Å²) < 4.78 is 33.0. The SMILES string of the molecule is CC/C=C\C/C=C\C/C=C\C/C=C\C/C=C\CCCCCCCCCC(=O)OC(COC(=O)CCCCCCCCCCCCCCCCCCCCCCCCCC)COP(=O)(O)OCCN. The molecular formula is C58H106NO8P. The van der Waals surface area contributed by atoms with E-state index in [2.05, 4.69) is 74.6 Å². The van der Waals surface area contributed by atoms with E-state index in [4.69, 9.17) is 24.3 Å². The Morgan fingerprint density at radius 1 is 0.456 bits per heavy atom. The van der Waals surface area contributed by atoms with E-state index in [9.17, 15) is 19.0 Å². The number of unbranched alkanes of at least 4 members (excludes halogenated alkanes) is 30. The minimum absolute atomic E-state index is 0.0502. The Labute approximate surface area is 419 Å². The van der Waals surface area contributed by atoms with E-state index < -0.39 is 26.5 Å². The summed E-state index contributed by atoms with van der Waals surface area (Å²) in [5.74, 6) is -0.832. The molecular weight excluding hydrogens is 870 g/mol. The van der Waals surface area contributed by atoms with Crippen LogP contribution in [0, 0.1) is 0 Å². The van der Waals surface area contributed by atoms with Crippen LogP contribution in [0.5, 0.6) is 0 Å². The molecule has 0 aliphatic carbocycles. The van der Waals surface area contributed by atoms with Gasteiger partial charge in [0.2, 0.25) is 0 Å². The summed E-state index contributed by atoms with van der Waals surface area (Å²) in [5.41, 5.74) is 5.38. The molecule has 0 heterocycles. The first kappa shape index (κ1) is 65.7. The molecule has 0 aromatic carbocycles. The zero-order valence-corrected chi connectivity index (χ0v) is 45.0. The van der Waals surface area contributed by atoms with Gasteiger partial charge >= 0.3 is 19.8 Å². The Balaban J connectivity index is 4.00. The van der Waals surface area contributed by atoms with Crippen LogP contribution in [0.4, 0.5) is 0 Å². The summed E-state index contributed by atoms with van der Waals surface area (Å²) in [6.45, 7) is 3.65. The highest BCUT2D eigenvalue weighted by atomic mass is 31.2. The molecule has 0 bridgehead atoms. The van der Waals surface area contributed by atoms with Crippen molar-refractivity contribution in [2.75, 3.05) is 26.4 Å². The first-order valence-corrected chi connectivity index (χ1v) is 29.8. The zero-order valence-electron chi connectivity index (χ0n) is 44.1. The summed E-state index contributed by atoms with van der Waals surface area (Å²) >= 11 is 0. The maximum atomic E-state index is 12.7. The molecule has 10 heteroatoms. The summed E-state index contributed by atoms with van der Waals surface area (Å²) in [7, 11) is -4.39. The van der Waals surface area contributed by atoms with Gasteiger partial charge in [-0.2, -0.15) is 0 Å². The van der Waals surface area contributed by atoms with Gasteiger partial charge in [0.25, 0.3) is 0 Å². The van der Waals surface area contributed by atoms with Crippen LogP contribution in [0.2, 0.25) is 0 Å². The molecule has 0 aromatic rings. The van der Waals surface area contributed by atoms with Crippen LogP contribution in [-0.2, 0) is 32.7 Å². The van der Waals surface area contributed by atoms with E-state index in [0.717, 1.165) is 77.0 Å². The van der Waals surface area contributed by atoms with E-state index in [0.29, 0.717) is 6.42 Å².